The van der Waals surface area contributed by atoms with Gasteiger partial charge in [-0.15, -0.1) is 0 Å². The molecule has 0 spiro atoms. The summed E-state index contributed by atoms with van der Waals surface area (Å²) in [5.41, 5.74) is 1.16. The summed E-state index contributed by atoms with van der Waals surface area (Å²) in [5.74, 6) is 0.439. The third-order valence-electron chi connectivity index (χ3n) is 3.69. The van der Waals surface area contributed by atoms with Crippen molar-refractivity contribution in [2.75, 3.05) is 5.32 Å². The first-order chi connectivity index (χ1) is 11.8. The van der Waals surface area contributed by atoms with E-state index in [0.29, 0.717) is 22.5 Å². The molecular weight excluding hydrogens is 355 g/mol. The molecule has 0 saturated carbocycles. The highest BCUT2D eigenvalue weighted by Gasteiger charge is 2.29. The summed E-state index contributed by atoms with van der Waals surface area (Å²) in [6.07, 6.45) is -2.69. The maximum absolute atomic E-state index is 12.6. The van der Waals surface area contributed by atoms with Crippen LogP contribution in [0.15, 0.2) is 30.6 Å². The Kier molecular flexibility index (Phi) is 4.55. The standard InChI is InChI=1S/C16H15ClF3N5/c1-9(2)25-8-22-12-13(23-15(17)24-14(12)25)21-7-10-3-5-11(6-4-10)16(18,19)20/h3-6,8-9H,7H2,1-2H3,(H,21,23,24). The number of fused-ring (bicyclic) bond motifs is 1. The molecule has 132 valence electrons. The molecule has 0 amide bonds. The lowest BCUT2D eigenvalue weighted by Crippen LogP contribution is -2.07. The Morgan fingerprint density at radius 2 is 1.84 bits per heavy atom. The third kappa shape index (κ3) is 3.68. The Bertz CT molecular complexity index is 887. The van der Waals surface area contributed by atoms with Crippen LogP contribution in [-0.2, 0) is 12.7 Å². The van der Waals surface area contributed by atoms with Gasteiger partial charge in [-0.1, -0.05) is 12.1 Å². The van der Waals surface area contributed by atoms with Gasteiger partial charge in [0.2, 0.25) is 5.28 Å². The molecule has 2 heterocycles. The molecule has 0 atom stereocenters. The number of imidazole rings is 1. The van der Waals surface area contributed by atoms with Gasteiger partial charge in [-0.25, -0.2) is 4.98 Å². The first-order valence-electron chi connectivity index (χ1n) is 7.56. The van der Waals surface area contributed by atoms with Crippen LogP contribution in [0.4, 0.5) is 19.0 Å². The van der Waals surface area contributed by atoms with Gasteiger partial charge >= 0.3 is 6.18 Å². The number of halogens is 4. The monoisotopic (exact) mass is 369 g/mol. The maximum Gasteiger partial charge on any atom is 0.416 e. The second-order valence-corrected chi connectivity index (χ2v) is 6.15. The number of hydrogen-bond donors (Lipinski definition) is 1. The molecule has 0 bridgehead atoms. The van der Waals surface area contributed by atoms with E-state index in [1.54, 1.807) is 6.33 Å². The number of nitrogens with zero attached hydrogens (tertiary/aromatic N) is 4. The Hall–Kier alpha value is -2.35. The van der Waals surface area contributed by atoms with Crippen LogP contribution in [-0.4, -0.2) is 19.5 Å². The van der Waals surface area contributed by atoms with E-state index in [-0.39, 0.29) is 17.9 Å². The van der Waals surface area contributed by atoms with Gasteiger partial charge in [-0.3, -0.25) is 0 Å². The fourth-order valence-electron chi connectivity index (χ4n) is 2.39. The second kappa shape index (κ2) is 6.51. The van der Waals surface area contributed by atoms with Crippen LogP contribution in [0.25, 0.3) is 11.2 Å². The topological polar surface area (TPSA) is 55.6 Å². The predicted molar refractivity (Wildman–Crippen MR) is 89.5 cm³/mol. The van der Waals surface area contributed by atoms with E-state index < -0.39 is 11.7 Å². The molecular formula is C16H15ClF3N5. The first kappa shape index (κ1) is 17.5. The van der Waals surface area contributed by atoms with Gasteiger partial charge in [0.1, 0.15) is 0 Å². The summed E-state index contributed by atoms with van der Waals surface area (Å²) in [4.78, 5) is 12.6. The summed E-state index contributed by atoms with van der Waals surface area (Å²) in [6, 6.07) is 5.09. The zero-order valence-electron chi connectivity index (χ0n) is 13.5. The van der Waals surface area contributed by atoms with E-state index in [9.17, 15) is 13.2 Å². The van der Waals surface area contributed by atoms with Crippen LogP contribution in [0.5, 0.6) is 0 Å². The summed E-state index contributed by atoms with van der Waals surface area (Å²) < 4.78 is 39.7. The minimum absolute atomic E-state index is 0.0739. The molecule has 1 N–H and O–H groups in total. The Labute approximate surface area is 146 Å². The third-order valence-corrected chi connectivity index (χ3v) is 3.86. The molecule has 1 aromatic carbocycles. The number of anilines is 1. The average molecular weight is 370 g/mol. The van der Waals surface area contributed by atoms with Crippen molar-refractivity contribution in [3.8, 4) is 0 Å². The van der Waals surface area contributed by atoms with Gasteiger partial charge in [0.25, 0.3) is 0 Å². The van der Waals surface area contributed by atoms with Crippen molar-refractivity contribution in [2.24, 2.45) is 0 Å². The minimum Gasteiger partial charge on any atom is -0.364 e. The van der Waals surface area contributed by atoms with Crippen molar-refractivity contribution < 1.29 is 13.2 Å². The van der Waals surface area contributed by atoms with Crippen molar-refractivity contribution in [3.05, 3.63) is 47.0 Å². The Morgan fingerprint density at radius 3 is 2.44 bits per heavy atom. The van der Waals surface area contributed by atoms with E-state index in [1.165, 1.54) is 12.1 Å². The first-order valence-corrected chi connectivity index (χ1v) is 7.93. The number of aromatic nitrogens is 4. The Morgan fingerprint density at radius 1 is 1.16 bits per heavy atom. The largest absolute Gasteiger partial charge is 0.416 e. The zero-order chi connectivity index (χ0) is 18.2. The minimum atomic E-state index is -4.35. The fraction of sp³-hybridized carbons (Fsp3) is 0.312. The van der Waals surface area contributed by atoms with E-state index in [1.807, 2.05) is 18.4 Å². The van der Waals surface area contributed by atoms with Crippen molar-refractivity contribution in [1.82, 2.24) is 19.5 Å². The van der Waals surface area contributed by atoms with Gasteiger partial charge in [-0.05, 0) is 43.1 Å². The smallest absolute Gasteiger partial charge is 0.364 e. The summed E-state index contributed by atoms with van der Waals surface area (Å²) in [6.45, 7) is 4.27. The van der Waals surface area contributed by atoms with Crippen LogP contribution in [0.3, 0.4) is 0 Å². The molecule has 0 unspecified atom stereocenters. The molecule has 0 aliphatic carbocycles. The van der Waals surface area contributed by atoms with Crippen LogP contribution >= 0.6 is 11.6 Å². The molecule has 3 aromatic rings. The number of alkyl halides is 3. The fourth-order valence-corrected chi connectivity index (χ4v) is 2.55. The number of nitrogens with one attached hydrogen (secondary N) is 1. The quantitative estimate of drug-likeness (QED) is 0.678. The molecule has 5 nitrogen and oxygen atoms in total. The summed E-state index contributed by atoms with van der Waals surface area (Å²) in [5, 5.41) is 3.14. The van der Waals surface area contributed by atoms with E-state index in [0.717, 1.165) is 12.1 Å². The molecule has 0 saturated heterocycles. The highest BCUT2D eigenvalue weighted by atomic mass is 35.5. The van der Waals surface area contributed by atoms with Crippen LogP contribution in [0.1, 0.15) is 31.0 Å². The van der Waals surface area contributed by atoms with E-state index >= 15 is 0 Å². The SMILES string of the molecule is CC(C)n1cnc2c(NCc3ccc(C(F)(F)F)cc3)nc(Cl)nc21. The van der Waals surface area contributed by atoms with Crippen molar-refractivity contribution in [1.29, 1.82) is 0 Å². The highest BCUT2D eigenvalue weighted by molar-refractivity contribution is 6.28. The summed E-state index contributed by atoms with van der Waals surface area (Å²) in [7, 11) is 0. The van der Waals surface area contributed by atoms with E-state index in [2.05, 4.69) is 20.3 Å². The maximum atomic E-state index is 12.6. The molecule has 0 aliphatic heterocycles. The lowest BCUT2D eigenvalue weighted by molar-refractivity contribution is -0.137. The molecule has 2 aromatic heterocycles. The molecule has 0 fully saturated rings. The van der Waals surface area contributed by atoms with Gasteiger partial charge in [0, 0.05) is 12.6 Å². The Balaban J connectivity index is 1.84. The normalized spacial score (nSPS) is 12.1. The predicted octanol–water partition coefficient (Wildman–Crippen LogP) is 4.69. The van der Waals surface area contributed by atoms with Crippen molar-refractivity contribution in [2.45, 2.75) is 32.6 Å². The van der Waals surface area contributed by atoms with Gasteiger partial charge < -0.3 is 9.88 Å². The van der Waals surface area contributed by atoms with Crippen LogP contribution in [0.2, 0.25) is 5.28 Å². The van der Waals surface area contributed by atoms with Crippen molar-refractivity contribution >= 4 is 28.6 Å². The van der Waals surface area contributed by atoms with Gasteiger partial charge in [-0.2, -0.15) is 23.1 Å². The second-order valence-electron chi connectivity index (χ2n) is 5.81. The van der Waals surface area contributed by atoms with Gasteiger partial charge in [0.05, 0.1) is 11.9 Å². The number of hydrogen-bond acceptors (Lipinski definition) is 4. The average Bonchev–Trinajstić information content (AvgIpc) is 2.96. The summed E-state index contributed by atoms with van der Waals surface area (Å²) >= 11 is 5.98. The molecule has 9 heteroatoms. The lowest BCUT2D eigenvalue weighted by Gasteiger charge is -2.10. The number of benzene rings is 1. The molecule has 0 radical (unpaired) electrons. The van der Waals surface area contributed by atoms with E-state index in [4.69, 9.17) is 11.6 Å². The highest BCUT2D eigenvalue weighted by Crippen LogP contribution is 2.29. The zero-order valence-corrected chi connectivity index (χ0v) is 14.2. The molecule has 0 aliphatic rings. The molecule has 25 heavy (non-hydrogen) atoms. The molecule has 3 rings (SSSR count). The lowest BCUT2D eigenvalue weighted by atomic mass is 10.1. The van der Waals surface area contributed by atoms with Crippen molar-refractivity contribution in [3.63, 3.8) is 0 Å². The van der Waals surface area contributed by atoms with Gasteiger partial charge in [0.15, 0.2) is 17.0 Å². The number of rotatable bonds is 4. The van der Waals surface area contributed by atoms with Crippen LogP contribution < -0.4 is 5.32 Å². The van der Waals surface area contributed by atoms with Crippen LogP contribution in [0, 0.1) is 0 Å².